The van der Waals surface area contributed by atoms with E-state index in [1.54, 1.807) is 0 Å². The molecule has 0 aliphatic carbocycles. The van der Waals surface area contributed by atoms with Gasteiger partial charge in [-0.25, -0.2) is 0 Å². The van der Waals surface area contributed by atoms with Crippen LogP contribution in [0.15, 0.2) is 22.7 Å². The molecule has 1 aromatic rings. The third kappa shape index (κ3) is 6.96. The molecule has 0 saturated heterocycles. The van der Waals surface area contributed by atoms with Gasteiger partial charge in [0.1, 0.15) is 5.75 Å². The summed E-state index contributed by atoms with van der Waals surface area (Å²) in [4.78, 5) is 11.7. The van der Waals surface area contributed by atoms with E-state index in [1.807, 2.05) is 18.2 Å². The number of hydrogen-bond acceptors (Lipinski definition) is 3. The van der Waals surface area contributed by atoms with E-state index in [-0.39, 0.29) is 12.5 Å². The van der Waals surface area contributed by atoms with Gasteiger partial charge in [0, 0.05) is 24.7 Å². The molecule has 4 nitrogen and oxygen atoms in total. The highest BCUT2D eigenvalue weighted by molar-refractivity contribution is 9.10. The zero-order chi connectivity index (χ0) is 15.8. The van der Waals surface area contributed by atoms with Crippen LogP contribution in [0.4, 0.5) is 0 Å². The number of benzene rings is 1. The van der Waals surface area contributed by atoms with Crippen molar-refractivity contribution in [2.45, 2.75) is 40.3 Å². The number of carbonyl (C=O) groups excluding carboxylic acids is 1. The molecule has 0 aliphatic rings. The first-order valence-electron chi connectivity index (χ1n) is 7.30. The quantitative estimate of drug-likeness (QED) is 0.752. The van der Waals surface area contributed by atoms with Gasteiger partial charge in [0.05, 0.1) is 4.47 Å². The Bertz CT molecular complexity index is 462. The number of hydrogen-bond donors (Lipinski definition) is 2. The van der Waals surface area contributed by atoms with Gasteiger partial charge in [0.25, 0.3) is 5.91 Å². The Morgan fingerprint density at radius 1 is 1.29 bits per heavy atom. The van der Waals surface area contributed by atoms with E-state index in [4.69, 9.17) is 4.74 Å². The summed E-state index contributed by atoms with van der Waals surface area (Å²) in [7, 11) is 0. The van der Waals surface area contributed by atoms with Crippen LogP contribution in [0.3, 0.4) is 0 Å². The molecule has 0 fully saturated rings. The first-order chi connectivity index (χ1) is 9.90. The van der Waals surface area contributed by atoms with Crippen molar-refractivity contribution in [2.75, 3.05) is 13.2 Å². The van der Waals surface area contributed by atoms with Crippen LogP contribution in [0.5, 0.6) is 5.75 Å². The molecule has 0 heterocycles. The molecule has 0 bridgehead atoms. The van der Waals surface area contributed by atoms with Gasteiger partial charge in [-0.3, -0.25) is 4.79 Å². The zero-order valence-electron chi connectivity index (χ0n) is 13.2. The summed E-state index contributed by atoms with van der Waals surface area (Å²) in [5.41, 5.74) is 1.04. The molecule has 0 saturated carbocycles. The number of halogens is 1. The Morgan fingerprint density at radius 3 is 2.62 bits per heavy atom. The third-order valence-corrected chi connectivity index (χ3v) is 3.43. The maximum atomic E-state index is 11.7. The molecule has 21 heavy (non-hydrogen) atoms. The number of nitrogens with one attached hydrogen (secondary N) is 2. The van der Waals surface area contributed by atoms with Crippen molar-refractivity contribution in [3.05, 3.63) is 28.2 Å². The number of para-hydroxylation sites is 1. The van der Waals surface area contributed by atoms with E-state index < -0.39 is 0 Å². The van der Waals surface area contributed by atoms with Crippen molar-refractivity contribution in [3.8, 4) is 5.75 Å². The van der Waals surface area contributed by atoms with Crippen molar-refractivity contribution in [2.24, 2.45) is 5.92 Å². The molecule has 0 aromatic heterocycles. The van der Waals surface area contributed by atoms with Gasteiger partial charge in [-0.05, 0) is 27.9 Å². The summed E-state index contributed by atoms with van der Waals surface area (Å²) >= 11 is 3.48. The van der Waals surface area contributed by atoms with E-state index in [0.29, 0.717) is 25.0 Å². The fourth-order valence-electron chi connectivity index (χ4n) is 1.68. The fourth-order valence-corrected chi connectivity index (χ4v) is 2.20. The van der Waals surface area contributed by atoms with Crippen molar-refractivity contribution in [1.82, 2.24) is 10.6 Å². The zero-order valence-corrected chi connectivity index (χ0v) is 14.8. The first kappa shape index (κ1) is 18.0. The lowest BCUT2D eigenvalue weighted by Gasteiger charge is -2.15. The van der Waals surface area contributed by atoms with E-state index >= 15 is 0 Å². The van der Waals surface area contributed by atoms with Crippen LogP contribution >= 0.6 is 15.9 Å². The van der Waals surface area contributed by atoms with E-state index in [0.717, 1.165) is 15.8 Å². The second-order valence-corrected chi connectivity index (χ2v) is 6.60. The molecule has 1 rings (SSSR count). The lowest BCUT2D eigenvalue weighted by atomic mass is 10.2. The molecule has 0 atom stereocenters. The van der Waals surface area contributed by atoms with Gasteiger partial charge in [0.2, 0.25) is 0 Å². The summed E-state index contributed by atoms with van der Waals surface area (Å²) < 4.78 is 6.56. The normalized spacial score (nSPS) is 11.0. The summed E-state index contributed by atoms with van der Waals surface area (Å²) in [6.07, 6.45) is 0. The Balaban J connectivity index is 2.62. The number of ether oxygens (including phenoxy) is 1. The Hall–Kier alpha value is -1.07. The maximum Gasteiger partial charge on any atom is 0.257 e. The summed E-state index contributed by atoms with van der Waals surface area (Å²) in [6.45, 7) is 9.72. The molecule has 0 spiro atoms. The summed E-state index contributed by atoms with van der Waals surface area (Å²) in [5.74, 6) is 1.07. The minimum absolute atomic E-state index is 0.0318. The molecular weight excluding hydrogens is 332 g/mol. The van der Waals surface area contributed by atoms with Crippen LogP contribution in [-0.2, 0) is 11.3 Å². The van der Waals surface area contributed by atoms with Crippen LogP contribution in [0, 0.1) is 5.92 Å². The minimum Gasteiger partial charge on any atom is -0.482 e. The van der Waals surface area contributed by atoms with Crippen molar-refractivity contribution >= 4 is 21.8 Å². The molecule has 0 radical (unpaired) electrons. The second kappa shape index (κ2) is 9.05. The fraction of sp³-hybridized carbons (Fsp3) is 0.562. The van der Waals surface area contributed by atoms with Gasteiger partial charge in [-0.15, -0.1) is 0 Å². The molecule has 5 heteroatoms. The van der Waals surface area contributed by atoms with E-state index in [2.05, 4.69) is 54.3 Å². The Labute approximate surface area is 135 Å². The molecular formula is C16H25BrN2O2. The molecule has 1 amide bonds. The van der Waals surface area contributed by atoms with Crippen LogP contribution in [0.1, 0.15) is 33.3 Å². The molecule has 2 N–H and O–H groups in total. The van der Waals surface area contributed by atoms with Crippen molar-refractivity contribution in [1.29, 1.82) is 0 Å². The molecule has 118 valence electrons. The molecule has 0 unspecified atom stereocenters. The van der Waals surface area contributed by atoms with Gasteiger partial charge >= 0.3 is 0 Å². The minimum atomic E-state index is -0.0952. The summed E-state index contributed by atoms with van der Waals surface area (Å²) in [5, 5.41) is 6.20. The smallest absolute Gasteiger partial charge is 0.257 e. The highest BCUT2D eigenvalue weighted by Gasteiger charge is 2.11. The predicted octanol–water partition coefficient (Wildman–Crippen LogP) is 3.10. The lowest BCUT2D eigenvalue weighted by Crippen LogP contribution is -2.32. The number of rotatable bonds is 8. The SMILES string of the molecule is CC(C)CNC(=O)COc1c(Br)cccc1CNC(C)C. The van der Waals surface area contributed by atoms with Gasteiger partial charge < -0.3 is 15.4 Å². The Morgan fingerprint density at radius 2 is 2.00 bits per heavy atom. The monoisotopic (exact) mass is 356 g/mol. The average molecular weight is 357 g/mol. The van der Waals surface area contributed by atoms with Gasteiger partial charge in [-0.1, -0.05) is 39.8 Å². The largest absolute Gasteiger partial charge is 0.482 e. The van der Waals surface area contributed by atoms with Gasteiger partial charge in [0.15, 0.2) is 6.61 Å². The van der Waals surface area contributed by atoms with Crippen molar-refractivity contribution in [3.63, 3.8) is 0 Å². The van der Waals surface area contributed by atoms with E-state index in [9.17, 15) is 4.79 Å². The van der Waals surface area contributed by atoms with E-state index in [1.165, 1.54) is 0 Å². The lowest BCUT2D eigenvalue weighted by molar-refractivity contribution is -0.123. The Kier molecular flexibility index (Phi) is 7.75. The highest BCUT2D eigenvalue weighted by Crippen LogP contribution is 2.29. The second-order valence-electron chi connectivity index (χ2n) is 5.75. The van der Waals surface area contributed by atoms with Gasteiger partial charge in [-0.2, -0.15) is 0 Å². The predicted molar refractivity (Wildman–Crippen MR) is 89.5 cm³/mol. The third-order valence-electron chi connectivity index (χ3n) is 2.80. The van der Waals surface area contributed by atoms with Crippen LogP contribution in [0.2, 0.25) is 0 Å². The molecule has 0 aliphatic heterocycles. The summed E-state index contributed by atoms with van der Waals surface area (Å²) in [6, 6.07) is 6.28. The van der Waals surface area contributed by atoms with Crippen LogP contribution in [-0.4, -0.2) is 25.1 Å². The van der Waals surface area contributed by atoms with Crippen molar-refractivity contribution < 1.29 is 9.53 Å². The number of carbonyl (C=O) groups is 1. The van der Waals surface area contributed by atoms with Crippen LogP contribution in [0.25, 0.3) is 0 Å². The average Bonchev–Trinajstić information content (AvgIpc) is 2.41. The standard InChI is InChI=1S/C16H25BrN2O2/c1-11(2)8-19-15(20)10-21-16-13(9-18-12(3)4)6-5-7-14(16)17/h5-7,11-12,18H,8-10H2,1-4H3,(H,19,20). The number of amides is 1. The maximum absolute atomic E-state index is 11.7. The molecule has 1 aromatic carbocycles. The first-order valence-corrected chi connectivity index (χ1v) is 8.09. The van der Waals surface area contributed by atoms with Crippen LogP contribution < -0.4 is 15.4 Å². The topological polar surface area (TPSA) is 50.4 Å². The highest BCUT2D eigenvalue weighted by atomic mass is 79.9.